The second-order valence-corrected chi connectivity index (χ2v) is 11.5. The minimum atomic E-state index is -0.732. The number of hydrogen-bond acceptors (Lipinski definition) is 5. The maximum absolute atomic E-state index is 13.1. The van der Waals surface area contributed by atoms with Gasteiger partial charge in [0.15, 0.2) is 0 Å². The first-order valence-electron chi connectivity index (χ1n) is 15.7. The smallest absolute Gasteiger partial charge is 0.305 e. The molecule has 0 amide bonds. The number of aliphatic hydroxyl groups excluding tert-OH is 1. The van der Waals surface area contributed by atoms with E-state index in [4.69, 9.17) is 4.74 Å². The first-order valence-corrected chi connectivity index (χ1v) is 15.7. The van der Waals surface area contributed by atoms with Gasteiger partial charge in [-0.15, -0.1) is 0 Å². The van der Waals surface area contributed by atoms with Crippen LogP contribution in [0.3, 0.4) is 0 Å². The Labute approximate surface area is 246 Å². The molecule has 3 rings (SSSR count). The van der Waals surface area contributed by atoms with Gasteiger partial charge in [-0.05, 0) is 61.4 Å². The molecule has 5 nitrogen and oxygen atoms in total. The van der Waals surface area contributed by atoms with Crippen LogP contribution in [0.2, 0.25) is 0 Å². The average molecular weight is 561 g/mol. The molecule has 2 aromatic carbocycles. The number of benzene rings is 2. The number of aryl methyl sites for hydroxylation is 1. The van der Waals surface area contributed by atoms with E-state index in [1.165, 1.54) is 51.4 Å². The SMILES string of the molecule is CCCCCCCC/C=C\CCCCCCCC(=O)OC[C@@H](C)C1=C(O)c2ccc3c(C)cccc3c2C(=O)C1=O. The Morgan fingerprint density at radius 2 is 1.46 bits per heavy atom. The summed E-state index contributed by atoms with van der Waals surface area (Å²) in [5, 5.41) is 12.5. The van der Waals surface area contributed by atoms with Gasteiger partial charge in [0.2, 0.25) is 11.6 Å². The molecule has 1 aliphatic rings. The number of Topliss-reactive ketones (excluding diaryl/α,β-unsaturated/α-hetero) is 2. The van der Waals surface area contributed by atoms with Gasteiger partial charge in [0.1, 0.15) is 5.76 Å². The third-order valence-corrected chi connectivity index (χ3v) is 8.10. The van der Waals surface area contributed by atoms with Gasteiger partial charge >= 0.3 is 5.97 Å². The van der Waals surface area contributed by atoms with Crippen molar-refractivity contribution >= 4 is 34.1 Å². The van der Waals surface area contributed by atoms with E-state index < -0.39 is 17.5 Å². The van der Waals surface area contributed by atoms with Crippen LogP contribution < -0.4 is 0 Å². The third kappa shape index (κ3) is 9.14. The molecule has 0 bridgehead atoms. The van der Waals surface area contributed by atoms with Crippen LogP contribution in [0.25, 0.3) is 16.5 Å². The minimum absolute atomic E-state index is 0.0170. The van der Waals surface area contributed by atoms with Gasteiger partial charge in [-0.2, -0.15) is 0 Å². The molecule has 0 heterocycles. The Bertz CT molecular complexity index is 1250. The summed E-state index contributed by atoms with van der Waals surface area (Å²) in [7, 11) is 0. The molecule has 0 spiro atoms. The van der Waals surface area contributed by atoms with Gasteiger partial charge in [0.25, 0.3) is 0 Å². The van der Waals surface area contributed by atoms with E-state index in [1.807, 2.05) is 25.1 Å². The molecular formula is C36H48O5. The number of esters is 1. The fourth-order valence-electron chi connectivity index (χ4n) is 5.62. The Kier molecular flexibility index (Phi) is 13.3. The van der Waals surface area contributed by atoms with Crippen LogP contribution in [0.5, 0.6) is 0 Å². The monoisotopic (exact) mass is 560 g/mol. The van der Waals surface area contributed by atoms with Gasteiger partial charge < -0.3 is 9.84 Å². The third-order valence-electron chi connectivity index (χ3n) is 8.10. The van der Waals surface area contributed by atoms with E-state index in [0.717, 1.165) is 43.1 Å². The molecule has 0 saturated heterocycles. The molecule has 2 aromatic rings. The fourth-order valence-corrected chi connectivity index (χ4v) is 5.62. The van der Waals surface area contributed by atoms with E-state index in [0.29, 0.717) is 17.4 Å². The summed E-state index contributed by atoms with van der Waals surface area (Å²) < 4.78 is 5.43. The highest BCUT2D eigenvalue weighted by molar-refractivity contribution is 6.54. The molecule has 41 heavy (non-hydrogen) atoms. The highest BCUT2D eigenvalue weighted by Crippen LogP contribution is 2.36. The van der Waals surface area contributed by atoms with Crippen molar-refractivity contribution in [3.05, 3.63) is 64.7 Å². The summed E-state index contributed by atoms with van der Waals surface area (Å²) in [6.45, 7) is 5.84. The molecular weight excluding hydrogens is 512 g/mol. The lowest BCUT2D eigenvalue weighted by Gasteiger charge is -2.23. The molecule has 0 fully saturated rings. The summed E-state index contributed by atoms with van der Waals surface area (Å²) in [5.74, 6) is -2.47. The topological polar surface area (TPSA) is 80.7 Å². The van der Waals surface area contributed by atoms with Gasteiger partial charge in [-0.3, -0.25) is 14.4 Å². The van der Waals surface area contributed by atoms with Crippen molar-refractivity contribution < 1.29 is 24.2 Å². The second kappa shape index (κ2) is 16.9. The summed E-state index contributed by atoms with van der Waals surface area (Å²) in [6, 6.07) is 9.13. The minimum Gasteiger partial charge on any atom is -0.507 e. The van der Waals surface area contributed by atoms with Crippen molar-refractivity contribution in [2.24, 2.45) is 5.92 Å². The van der Waals surface area contributed by atoms with Crippen LogP contribution in [-0.2, 0) is 14.3 Å². The van der Waals surface area contributed by atoms with Crippen molar-refractivity contribution in [1.29, 1.82) is 0 Å². The molecule has 0 aliphatic heterocycles. The lowest BCUT2D eigenvalue weighted by atomic mass is 9.81. The molecule has 0 saturated carbocycles. The molecule has 0 unspecified atom stereocenters. The molecule has 0 aromatic heterocycles. The van der Waals surface area contributed by atoms with Crippen molar-refractivity contribution in [3.63, 3.8) is 0 Å². The summed E-state index contributed by atoms with van der Waals surface area (Å²) in [6.07, 6.45) is 20.5. The molecule has 0 radical (unpaired) electrons. The Hall–Kier alpha value is -3.21. The number of carbonyl (C=O) groups excluding carboxylic acids is 3. The van der Waals surface area contributed by atoms with Gasteiger partial charge in [-0.1, -0.05) is 102 Å². The molecule has 1 N–H and O–H groups in total. The predicted molar refractivity (Wildman–Crippen MR) is 167 cm³/mol. The quantitative estimate of drug-likeness (QED) is 0.0850. The zero-order valence-electron chi connectivity index (χ0n) is 25.3. The van der Waals surface area contributed by atoms with Crippen LogP contribution in [-0.4, -0.2) is 29.2 Å². The highest BCUT2D eigenvalue weighted by Gasteiger charge is 2.37. The van der Waals surface area contributed by atoms with E-state index in [-0.39, 0.29) is 29.5 Å². The summed E-state index contributed by atoms with van der Waals surface area (Å²) in [5.41, 5.74) is 1.61. The van der Waals surface area contributed by atoms with Crippen molar-refractivity contribution in [3.8, 4) is 0 Å². The van der Waals surface area contributed by atoms with E-state index >= 15 is 0 Å². The van der Waals surface area contributed by atoms with Crippen LogP contribution in [0.15, 0.2) is 48.1 Å². The summed E-state index contributed by atoms with van der Waals surface area (Å²) >= 11 is 0. The Morgan fingerprint density at radius 1 is 0.829 bits per heavy atom. The maximum atomic E-state index is 13.1. The number of rotatable bonds is 18. The number of fused-ring (bicyclic) bond motifs is 3. The first-order chi connectivity index (χ1) is 19.9. The molecule has 222 valence electrons. The number of allylic oxidation sites excluding steroid dienone is 2. The zero-order chi connectivity index (χ0) is 29.6. The van der Waals surface area contributed by atoms with Gasteiger partial charge in [0.05, 0.1) is 12.2 Å². The Morgan fingerprint density at radius 3 is 2.15 bits per heavy atom. The lowest BCUT2D eigenvalue weighted by Crippen LogP contribution is -2.29. The highest BCUT2D eigenvalue weighted by atomic mass is 16.5. The summed E-state index contributed by atoms with van der Waals surface area (Å²) in [4.78, 5) is 38.4. The van der Waals surface area contributed by atoms with Crippen LogP contribution in [0.4, 0.5) is 0 Å². The van der Waals surface area contributed by atoms with Crippen LogP contribution in [0, 0.1) is 12.8 Å². The number of ether oxygens (including phenoxy) is 1. The van der Waals surface area contributed by atoms with Crippen LogP contribution >= 0.6 is 0 Å². The molecule has 5 heteroatoms. The standard InChI is InChI=1S/C36H48O5/c1-4-5-6-7-8-9-10-11-12-13-14-15-16-17-18-22-31(37)41-25-27(3)32-34(38)30-24-23-28-26(2)20-19-21-29(28)33(30)36(40)35(32)39/h11-12,19-21,23-24,27,38H,4-10,13-18,22,25H2,1-3H3/b12-11-/t27-/m1/s1. The number of aliphatic hydroxyl groups is 1. The lowest BCUT2D eigenvalue weighted by molar-refractivity contribution is -0.144. The van der Waals surface area contributed by atoms with Crippen molar-refractivity contribution in [2.45, 2.75) is 111 Å². The van der Waals surface area contributed by atoms with Gasteiger partial charge in [-0.25, -0.2) is 0 Å². The molecule has 1 atom stereocenters. The second-order valence-electron chi connectivity index (χ2n) is 11.5. The normalized spacial score (nSPS) is 14.2. The number of hydrogen-bond donors (Lipinski definition) is 1. The predicted octanol–water partition coefficient (Wildman–Crippen LogP) is 9.40. The maximum Gasteiger partial charge on any atom is 0.305 e. The molecule has 1 aliphatic carbocycles. The van der Waals surface area contributed by atoms with Crippen molar-refractivity contribution in [2.75, 3.05) is 6.61 Å². The number of ketones is 2. The van der Waals surface area contributed by atoms with E-state index in [2.05, 4.69) is 19.1 Å². The Balaban J connectivity index is 1.35. The van der Waals surface area contributed by atoms with E-state index in [1.54, 1.807) is 19.1 Å². The fraction of sp³-hybridized carbons (Fsp3) is 0.528. The van der Waals surface area contributed by atoms with Crippen LogP contribution in [0.1, 0.15) is 125 Å². The number of carbonyl (C=O) groups is 3. The number of unbranched alkanes of at least 4 members (excludes halogenated alkanes) is 11. The van der Waals surface area contributed by atoms with E-state index in [9.17, 15) is 19.5 Å². The van der Waals surface area contributed by atoms with Crippen molar-refractivity contribution in [1.82, 2.24) is 0 Å². The van der Waals surface area contributed by atoms with Gasteiger partial charge in [0, 0.05) is 23.5 Å². The largest absolute Gasteiger partial charge is 0.507 e. The zero-order valence-corrected chi connectivity index (χ0v) is 25.3. The first kappa shape index (κ1) is 32.3. The average Bonchev–Trinajstić information content (AvgIpc) is 2.96.